The molecule has 0 fully saturated rings. The maximum absolute atomic E-state index is 5.48. The Hall–Kier alpha value is -0.340. The molecule has 0 saturated carbocycles. The third-order valence-electron chi connectivity index (χ3n) is 2.24. The zero-order chi connectivity index (χ0) is 9.56. The standard InChI is InChI=1S/C10H22N2/c1-9(2)10(3)7-5-6-8-12(4)11/h10H,1,5-8,11H2,2-4H3. The normalized spacial score (nSPS) is 13.4. The number of unbranched alkanes of at least 4 members (excludes halogenated alkanes) is 1. The summed E-state index contributed by atoms with van der Waals surface area (Å²) in [4.78, 5) is 0. The number of allylic oxidation sites excluding steroid dienone is 1. The van der Waals surface area contributed by atoms with Crippen LogP contribution in [0.1, 0.15) is 33.1 Å². The lowest BCUT2D eigenvalue weighted by atomic mass is 9.98. The maximum Gasteiger partial charge on any atom is 0.0125 e. The van der Waals surface area contributed by atoms with E-state index in [1.165, 1.54) is 24.8 Å². The fourth-order valence-corrected chi connectivity index (χ4v) is 1.06. The number of hydrazine groups is 1. The molecule has 0 amide bonds. The van der Waals surface area contributed by atoms with Gasteiger partial charge in [0.05, 0.1) is 0 Å². The fraction of sp³-hybridized carbons (Fsp3) is 0.800. The Labute approximate surface area is 76.4 Å². The molecule has 1 atom stereocenters. The molecule has 0 spiro atoms. The highest BCUT2D eigenvalue weighted by atomic mass is 15.4. The van der Waals surface area contributed by atoms with Crippen molar-refractivity contribution < 1.29 is 0 Å². The summed E-state index contributed by atoms with van der Waals surface area (Å²) in [5.41, 5.74) is 1.29. The molecular weight excluding hydrogens is 148 g/mol. The summed E-state index contributed by atoms with van der Waals surface area (Å²) in [6.07, 6.45) is 3.67. The van der Waals surface area contributed by atoms with Crippen molar-refractivity contribution in [2.75, 3.05) is 13.6 Å². The summed E-state index contributed by atoms with van der Waals surface area (Å²) < 4.78 is 0. The van der Waals surface area contributed by atoms with Crippen LogP contribution in [0.3, 0.4) is 0 Å². The second-order valence-electron chi connectivity index (χ2n) is 3.72. The van der Waals surface area contributed by atoms with E-state index in [0.717, 1.165) is 6.54 Å². The van der Waals surface area contributed by atoms with E-state index in [0.29, 0.717) is 5.92 Å². The highest BCUT2D eigenvalue weighted by molar-refractivity contribution is 4.93. The van der Waals surface area contributed by atoms with Crippen LogP contribution in [0.4, 0.5) is 0 Å². The molecule has 0 aliphatic heterocycles. The summed E-state index contributed by atoms with van der Waals surface area (Å²) >= 11 is 0. The van der Waals surface area contributed by atoms with E-state index < -0.39 is 0 Å². The maximum atomic E-state index is 5.48. The zero-order valence-electron chi connectivity index (χ0n) is 8.64. The predicted molar refractivity (Wildman–Crippen MR) is 54.6 cm³/mol. The van der Waals surface area contributed by atoms with E-state index in [2.05, 4.69) is 20.4 Å². The Bertz CT molecular complexity index is 130. The van der Waals surface area contributed by atoms with Gasteiger partial charge in [-0.3, -0.25) is 10.9 Å². The van der Waals surface area contributed by atoms with Crippen LogP contribution in [-0.4, -0.2) is 18.6 Å². The van der Waals surface area contributed by atoms with Crippen molar-refractivity contribution in [2.24, 2.45) is 11.8 Å². The van der Waals surface area contributed by atoms with E-state index in [1.807, 2.05) is 7.05 Å². The lowest BCUT2D eigenvalue weighted by molar-refractivity contribution is 0.334. The quantitative estimate of drug-likeness (QED) is 0.286. The van der Waals surface area contributed by atoms with Crippen LogP contribution in [0.25, 0.3) is 0 Å². The molecule has 0 radical (unpaired) electrons. The molecule has 0 aliphatic rings. The highest BCUT2D eigenvalue weighted by Gasteiger charge is 2.01. The minimum Gasteiger partial charge on any atom is -0.269 e. The van der Waals surface area contributed by atoms with Crippen LogP contribution < -0.4 is 5.84 Å². The van der Waals surface area contributed by atoms with Gasteiger partial charge in [0.25, 0.3) is 0 Å². The first-order chi connectivity index (χ1) is 5.54. The molecule has 0 rings (SSSR count). The van der Waals surface area contributed by atoms with Crippen molar-refractivity contribution in [3.63, 3.8) is 0 Å². The first-order valence-corrected chi connectivity index (χ1v) is 4.65. The molecule has 2 N–H and O–H groups in total. The van der Waals surface area contributed by atoms with Crippen molar-refractivity contribution in [3.05, 3.63) is 12.2 Å². The van der Waals surface area contributed by atoms with E-state index in [4.69, 9.17) is 5.84 Å². The number of nitrogens with two attached hydrogens (primary N) is 1. The van der Waals surface area contributed by atoms with Crippen LogP contribution in [0.15, 0.2) is 12.2 Å². The molecule has 72 valence electrons. The Morgan fingerprint density at radius 3 is 2.50 bits per heavy atom. The van der Waals surface area contributed by atoms with Crippen LogP contribution in [0.2, 0.25) is 0 Å². The van der Waals surface area contributed by atoms with Gasteiger partial charge in [0, 0.05) is 13.6 Å². The molecule has 0 aromatic rings. The first-order valence-electron chi connectivity index (χ1n) is 4.65. The van der Waals surface area contributed by atoms with E-state index >= 15 is 0 Å². The Morgan fingerprint density at radius 1 is 1.50 bits per heavy atom. The summed E-state index contributed by atoms with van der Waals surface area (Å²) in [7, 11) is 1.90. The smallest absolute Gasteiger partial charge is 0.0125 e. The molecule has 1 unspecified atom stereocenters. The number of hydrogen-bond donors (Lipinski definition) is 1. The van der Waals surface area contributed by atoms with Crippen molar-refractivity contribution >= 4 is 0 Å². The van der Waals surface area contributed by atoms with Gasteiger partial charge in [-0.05, 0) is 25.7 Å². The lowest BCUT2D eigenvalue weighted by Gasteiger charge is -2.12. The fourth-order valence-electron chi connectivity index (χ4n) is 1.06. The van der Waals surface area contributed by atoms with Gasteiger partial charge in [0.1, 0.15) is 0 Å². The van der Waals surface area contributed by atoms with Crippen molar-refractivity contribution in [3.8, 4) is 0 Å². The summed E-state index contributed by atoms with van der Waals surface area (Å²) in [5.74, 6) is 6.15. The van der Waals surface area contributed by atoms with Gasteiger partial charge in [-0.25, -0.2) is 0 Å². The van der Waals surface area contributed by atoms with Crippen LogP contribution >= 0.6 is 0 Å². The zero-order valence-corrected chi connectivity index (χ0v) is 8.64. The molecule has 0 aromatic carbocycles. The third-order valence-corrected chi connectivity index (χ3v) is 2.24. The minimum absolute atomic E-state index is 0.660. The molecule has 0 bridgehead atoms. The van der Waals surface area contributed by atoms with Gasteiger partial charge >= 0.3 is 0 Å². The van der Waals surface area contributed by atoms with Crippen LogP contribution in [-0.2, 0) is 0 Å². The largest absolute Gasteiger partial charge is 0.269 e. The molecule has 0 aromatic heterocycles. The molecule has 2 nitrogen and oxygen atoms in total. The first kappa shape index (κ1) is 11.7. The predicted octanol–water partition coefficient (Wildman–Crippen LogP) is 2.17. The van der Waals surface area contributed by atoms with Crippen molar-refractivity contribution in [1.29, 1.82) is 0 Å². The average molecular weight is 170 g/mol. The van der Waals surface area contributed by atoms with E-state index in [1.54, 1.807) is 5.01 Å². The molecule has 0 heterocycles. The topological polar surface area (TPSA) is 29.3 Å². The Balaban J connectivity index is 3.25. The van der Waals surface area contributed by atoms with Gasteiger partial charge in [0.15, 0.2) is 0 Å². The van der Waals surface area contributed by atoms with E-state index in [-0.39, 0.29) is 0 Å². The van der Waals surface area contributed by atoms with E-state index in [9.17, 15) is 0 Å². The van der Waals surface area contributed by atoms with Gasteiger partial charge in [-0.1, -0.05) is 25.5 Å². The third kappa shape index (κ3) is 6.38. The van der Waals surface area contributed by atoms with Gasteiger partial charge in [-0.15, -0.1) is 0 Å². The Kier molecular flexibility index (Phi) is 6.03. The Morgan fingerprint density at radius 2 is 2.08 bits per heavy atom. The molecular formula is C10H22N2. The minimum atomic E-state index is 0.660. The van der Waals surface area contributed by atoms with Crippen LogP contribution in [0.5, 0.6) is 0 Å². The average Bonchev–Trinajstić information content (AvgIpc) is 1.97. The van der Waals surface area contributed by atoms with Crippen molar-refractivity contribution in [2.45, 2.75) is 33.1 Å². The molecule has 0 aliphatic carbocycles. The van der Waals surface area contributed by atoms with Crippen LogP contribution in [0, 0.1) is 5.92 Å². The summed E-state index contributed by atoms with van der Waals surface area (Å²) in [5, 5.41) is 1.74. The SMILES string of the molecule is C=C(C)C(C)CCCCN(C)N. The molecule has 0 saturated heterocycles. The molecule has 12 heavy (non-hydrogen) atoms. The number of hydrogen-bond acceptors (Lipinski definition) is 2. The van der Waals surface area contributed by atoms with Gasteiger partial charge in [-0.2, -0.15) is 0 Å². The van der Waals surface area contributed by atoms with Gasteiger partial charge in [0.2, 0.25) is 0 Å². The van der Waals surface area contributed by atoms with Crippen molar-refractivity contribution in [1.82, 2.24) is 5.01 Å². The second kappa shape index (κ2) is 6.21. The number of rotatable bonds is 6. The summed E-state index contributed by atoms with van der Waals surface area (Å²) in [6, 6.07) is 0. The van der Waals surface area contributed by atoms with Gasteiger partial charge < -0.3 is 0 Å². The summed E-state index contributed by atoms with van der Waals surface area (Å²) in [6.45, 7) is 9.25. The monoisotopic (exact) mass is 170 g/mol. The second-order valence-corrected chi connectivity index (χ2v) is 3.72. The molecule has 2 heteroatoms. The highest BCUT2D eigenvalue weighted by Crippen LogP contribution is 2.14. The number of nitrogens with zero attached hydrogens (tertiary/aromatic N) is 1. The lowest BCUT2D eigenvalue weighted by Crippen LogP contribution is -2.26.